The Hall–Kier alpha value is -0.480. The van der Waals surface area contributed by atoms with Crippen LogP contribution in [0, 0.1) is 0 Å². The van der Waals surface area contributed by atoms with Crippen LogP contribution < -0.4 is 5.73 Å². The lowest BCUT2D eigenvalue weighted by Gasteiger charge is -2.16. The topological polar surface area (TPSA) is 26.0 Å². The van der Waals surface area contributed by atoms with E-state index in [0.717, 1.165) is 14.4 Å². The summed E-state index contributed by atoms with van der Waals surface area (Å²) in [6, 6.07) is 16.0. The van der Waals surface area contributed by atoms with Crippen LogP contribution in [0.5, 0.6) is 0 Å². The highest BCUT2D eigenvalue weighted by molar-refractivity contribution is 9.10. The Morgan fingerprint density at radius 3 is 2.61 bits per heavy atom. The molecule has 1 atom stereocenters. The average Bonchev–Trinajstić information content (AvgIpc) is 2.37. The van der Waals surface area contributed by atoms with E-state index in [9.17, 15) is 0 Å². The van der Waals surface area contributed by atoms with E-state index >= 15 is 0 Å². The molecule has 4 heteroatoms. The standard InChI is InChI=1S/C14H13BrClNS/c15-13-7-2-1-6-12(13)14(9-17)18-11-5-3-4-10(16)8-11/h1-8,14H,9,17H2. The summed E-state index contributed by atoms with van der Waals surface area (Å²) >= 11 is 11.3. The van der Waals surface area contributed by atoms with Gasteiger partial charge in [-0.15, -0.1) is 11.8 Å². The molecule has 0 bridgehead atoms. The van der Waals surface area contributed by atoms with Gasteiger partial charge in [0.1, 0.15) is 0 Å². The lowest BCUT2D eigenvalue weighted by atomic mass is 10.1. The summed E-state index contributed by atoms with van der Waals surface area (Å²) in [5, 5.41) is 0.974. The van der Waals surface area contributed by atoms with Gasteiger partial charge in [0, 0.05) is 26.2 Å². The summed E-state index contributed by atoms with van der Waals surface area (Å²) < 4.78 is 1.09. The normalized spacial score (nSPS) is 12.4. The van der Waals surface area contributed by atoms with E-state index in [1.807, 2.05) is 36.4 Å². The molecule has 2 aromatic rings. The summed E-state index contributed by atoms with van der Waals surface area (Å²) in [6.07, 6.45) is 0. The summed E-state index contributed by atoms with van der Waals surface area (Å²) in [5.41, 5.74) is 7.10. The second-order valence-electron chi connectivity index (χ2n) is 3.82. The zero-order chi connectivity index (χ0) is 13.0. The first-order valence-electron chi connectivity index (χ1n) is 5.57. The average molecular weight is 343 g/mol. The number of thioether (sulfide) groups is 1. The third-order valence-electron chi connectivity index (χ3n) is 2.54. The molecule has 0 heterocycles. The highest BCUT2D eigenvalue weighted by Gasteiger charge is 2.14. The number of rotatable bonds is 4. The van der Waals surface area contributed by atoms with Crippen molar-refractivity contribution in [3.63, 3.8) is 0 Å². The van der Waals surface area contributed by atoms with Gasteiger partial charge in [-0.3, -0.25) is 0 Å². The Morgan fingerprint density at radius 2 is 1.94 bits per heavy atom. The molecule has 18 heavy (non-hydrogen) atoms. The number of hydrogen-bond donors (Lipinski definition) is 1. The monoisotopic (exact) mass is 341 g/mol. The first kappa shape index (κ1) is 13.9. The number of hydrogen-bond acceptors (Lipinski definition) is 2. The summed E-state index contributed by atoms with van der Waals surface area (Å²) in [6.45, 7) is 0.583. The van der Waals surface area contributed by atoms with Crippen LogP contribution in [0.25, 0.3) is 0 Å². The Bertz CT molecular complexity index is 533. The Balaban J connectivity index is 2.23. The van der Waals surface area contributed by atoms with Crippen LogP contribution in [0.3, 0.4) is 0 Å². The largest absolute Gasteiger partial charge is 0.329 e. The van der Waals surface area contributed by atoms with Crippen LogP contribution in [0.4, 0.5) is 0 Å². The molecule has 1 unspecified atom stereocenters. The Kier molecular flexibility index (Phi) is 5.13. The fraction of sp³-hybridized carbons (Fsp3) is 0.143. The van der Waals surface area contributed by atoms with Crippen molar-refractivity contribution in [2.24, 2.45) is 5.73 Å². The minimum atomic E-state index is 0.221. The molecule has 0 fully saturated rings. The van der Waals surface area contributed by atoms with Crippen LogP contribution in [0.2, 0.25) is 5.02 Å². The van der Waals surface area contributed by atoms with Crippen molar-refractivity contribution in [1.82, 2.24) is 0 Å². The molecule has 2 aromatic carbocycles. The van der Waals surface area contributed by atoms with E-state index < -0.39 is 0 Å². The second-order valence-corrected chi connectivity index (χ2v) is 6.39. The summed E-state index contributed by atoms with van der Waals surface area (Å²) in [5.74, 6) is 0. The molecule has 0 saturated heterocycles. The quantitative estimate of drug-likeness (QED) is 0.800. The van der Waals surface area contributed by atoms with E-state index in [2.05, 4.69) is 28.1 Å². The van der Waals surface area contributed by atoms with Gasteiger partial charge in [0.25, 0.3) is 0 Å². The molecule has 2 N–H and O–H groups in total. The van der Waals surface area contributed by atoms with Gasteiger partial charge in [-0.2, -0.15) is 0 Å². The van der Waals surface area contributed by atoms with E-state index in [1.54, 1.807) is 11.8 Å². The van der Waals surface area contributed by atoms with E-state index in [-0.39, 0.29) is 5.25 Å². The predicted octanol–water partition coefficient (Wildman–Crippen LogP) is 4.89. The van der Waals surface area contributed by atoms with Gasteiger partial charge in [0.2, 0.25) is 0 Å². The summed E-state index contributed by atoms with van der Waals surface area (Å²) in [4.78, 5) is 1.13. The van der Waals surface area contributed by atoms with Gasteiger partial charge in [-0.25, -0.2) is 0 Å². The maximum atomic E-state index is 5.99. The summed E-state index contributed by atoms with van der Waals surface area (Å²) in [7, 11) is 0. The predicted molar refractivity (Wildman–Crippen MR) is 83.2 cm³/mol. The molecule has 0 aliphatic heterocycles. The first-order chi connectivity index (χ1) is 8.70. The van der Waals surface area contributed by atoms with Gasteiger partial charge in [-0.1, -0.05) is 51.8 Å². The van der Waals surface area contributed by atoms with Crippen molar-refractivity contribution in [3.8, 4) is 0 Å². The molecule has 2 rings (SSSR count). The third kappa shape index (κ3) is 3.51. The molecule has 0 radical (unpaired) electrons. The lowest BCUT2D eigenvalue weighted by molar-refractivity contribution is 0.936. The number of nitrogens with two attached hydrogens (primary N) is 1. The van der Waals surface area contributed by atoms with Crippen molar-refractivity contribution in [3.05, 3.63) is 63.6 Å². The number of benzene rings is 2. The van der Waals surface area contributed by atoms with Gasteiger partial charge in [0.05, 0.1) is 0 Å². The van der Waals surface area contributed by atoms with Gasteiger partial charge < -0.3 is 5.73 Å². The molecule has 1 nitrogen and oxygen atoms in total. The van der Waals surface area contributed by atoms with Crippen LogP contribution in [-0.4, -0.2) is 6.54 Å². The smallest absolute Gasteiger partial charge is 0.0478 e. The van der Waals surface area contributed by atoms with Gasteiger partial charge in [-0.05, 0) is 29.8 Å². The highest BCUT2D eigenvalue weighted by atomic mass is 79.9. The van der Waals surface area contributed by atoms with Crippen molar-refractivity contribution >= 4 is 39.3 Å². The second kappa shape index (κ2) is 6.62. The zero-order valence-electron chi connectivity index (χ0n) is 9.64. The molecular formula is C14H13BrClNS. The lowest BCUT2D eigenvalue weighted by Crippen LogP contribution is -2.09. The molecule has 0 aliphatic carbocycles. The zero-order valence-corrected chi connectivity index (χ0v) is 12.8. The van der Waals surface area contributed by atoms with Crippen molar-refractivity contribution in [2.75, 3.05) is 6.54 Å². The minimum Gasteiger partial charge on any atom is -0.329 e. The molecule has 0 amide bonds. The molecule has 0 aliphatic rings. The fourth-order valence-corrected chi connectivity index (χ4v) is 3.76. The van der Waals surface area contributed by atoms with E-state index in [0.29, 0.717) is 6.54 Å². The number of halogens is 2. The van der Waals surface area contributed by atoms with Crippen LogP contribution >= 0.6 is 39.3 Å². The molecule has 0 aromatic heterocycles. The SMILES string of the molecule is NCC(Sc1cccc(Cl)c1)c1ccccc1Br. The van der Waals surface area contributed by atoms with E-state index in [1.165, 1.54) is 5.56 Å². The fourth-order valence-electron chi connectivity index (χ4n) is 1.68. The highest BCUT2D eigenvalue weighted by Crippen LogP contribution is 2.38. The van der Waals surface area contributed by atoms with Crippen molar-refractivity contribution in [2.45, 2.75) is 10.1 Å². The van der Waals surface area contributed by atoms with Crippen LogP contribution in [0.1, 0.15) is 10.8 Å². The van der Waals surface area contributed by atoms with E-state index in [4.69, 9.17) is 17.3 Å². The molecule has 94 valence electrons. The Labute approximate surface area is 125 Å². The van der Waals surface area contributed by atoms with Crippen molar-refractivity contribution < 1.29 is 0 Å². The van der Waals surface area contributed by atoms with Gasteiger partial charge in [0.15, 0.2) is 0 Å². The van der Waals surface area contributed by atoms with Crippen LogP contribution in [-0.2, 0) is 0 Å². The molecular weight excluding hydrogens is 330 g/mol. The molecule has 0 spiro atoms. The molecule has 0 saturated carbocycles. The maximum absolute atomic E-state index is 5.99. The van der Waals surface area contributed by atoms with Crippen LogP contribution in [0.15, 0.2) is 57.9 Å². The van der Waals surface area contributed by atoms with Crippen molar-refractivity contribution in [1.29, 1.82) is 0 Å². The maximum Gasteiger partial charge on any atom is 0.0478 e. The minimum absolute atomic E-state index is 0.221. The third-order valence-corrected chi connectivity index (χ3v) is 4.75. The van der Waals surface area contributed by atoms with Gasteiger partial charge >= 0.3 is 0 Å². The first-order valence-corrected chi connectivity index (χ1v) is 7.62. The Morgan fingerprint density at radius 1 is 1.17 bits per heavy atom.